The van der Waals surface area contributed by atoms with Crippen LogP contribution in [0.1, 0.15) is 33.9 Å². The number of aromatic nitrogens is 4. The number of aromatic amines is 1. The highest BCUT2D eigenvalue weighted by atomic mass is 28.4. The largest absolute Gasteiger partial charge is 0.409 e. The summed E-state index contributed by atoms with van der Waals surface area (Å²) in [7, 11) is -2.07. The molecule has 0 spiro atoms. The fourth-order valence-electron chi connectivity index (χ4n) is 3.02. The van der Waals surface area contributed by atoms with Crippen LogP contribution in [0.25, 0.3) is 11.2 Å². The Labute approximate surface area is 153 Å². The van der Waals surface area contributed by atoms with E-state index in [-0.39, 0.29) is 40.8 Å². The summed E-state index contributed by atoms with van der Waals surface area (Å²) in [5.41, 5.74) is 0.427. The van der Waals surface area contributed by atoms with Crippen molar-refractivity contribution < 1.29 is 14.3 Å². The maximum absolute atomic E-state index is 12.0. The first-order valence-corrected chi connectivity index (χ1v) is 11.8. The van der Waals surface area contributed by atoms with Gasteiger partial charge in [-0.2, -0.15) is 0 Å². The standard InChI is InChI=1S/C17H28N4O4Si/c1-10-11(7-22)24-16(13(10)25-26(5,6)17(2,3)4)21-9-20-12-14(21)18-8-19-15(12)23/h8-11,13,16,22H,7H2,1-6H3,(H,18,19,23)/t10-,11-,13-,16-/m1/s1. The van der Waals surface area contributed by atoms with Gasteiger partial charge in [-0.1, -0.05) is 27.7 Å². The molecule has 1 saturated heterocycles. The normalized spacial score (nSPS) is 27.3. The van der Waals surface area contributed by atoms with E-state index in [4.69, 9.17) is 9.16 Å². The third kappa shape index (κ3) is 3.13. The molecule has 0 radical (unpaired) electrons. The highest BCUT2D eigenvalue weighted by Crippen LogP contribution is 2.43. The Morgan fingerprint density at radius 2 is 2.08 bits per heavy atom. The van der Waals surface area contributed by atoms with Crippen LogP contribution in [-0.2, 0) is 9.16 Å². The van der Waals surface area contributed by atoms with Gasteiger partial charge in [0.25, 0.3) is 5.56 Å². The van der Waals surface area contributed by atoms with Crippen molar-refractivity contribution in [3.8, 4) is 0 Å². The van der Waals surface area contributed by atoms with Crippen LogP contribution in [-0.4, -0.2) is 51.8 Å². The Morgan fingerprint density at radius 1 is 1.38 bits per heavy atom. The predicted octanol–water partition coefficient (Wildman–Crippen LogP) is 2.04. The van der Waals surface area contributed by atoms with Gasteiger partial charge in [-0.25, -0.2) is 9.97 Å². The van der Waals surface area contributed by atoms with Gasteiger partial charge in [0.15, 0.2) is 25.7 Å². The van der Waals surface area contributed by atoms with Gasteiger partial charge in [0, 0.05) is 5.92 Å². The third-order valence-corrected chi connectivity index (χ3v) is 10.2. The molecule has 4 atom stereocenters. The van der Waals surface area contributed by atoms with Crippen molar-refractivity contribution >= 4 is 19.5 Å². The monoisotopic (exact) mass is 380 g/mol. The maximum Gasteiger partial charge on any atom is 0.278 e. The third-order valence-electron chi connectivity index (χ3n) is 5.76. The molecule has 8 nitrogen and oxygen atoms in total. The molecule has 3 rings (SSSR count). The Morgan fingerprint density at radius 3 is 2.69 bits per heavy atom. The summed E-state index contributed by atoms with van der Waals surface area (Å²) in [6.07, 6.45) is 1.83. The minimum Gasteiger partial charge on any atom is -0.409 e. The van der Waals surface area contributed by atoms with Crippen molar-refractivity contribution in [3.05, 3.63) is 23.0 Å². The van der Waals surface area contributed by atoms with Crippen LogP contribution in [0.2, 0.25) is 18.1 Å². The highest BCUT2D eigenvalue weighted by Gasteiger charge is 2.49. The summed E-state index contributed by atoms with van der Waals surface area (Å²) < 4.78 is 14.5. The number of hydrogen-bond acceptors (Lipinski definition) is 6. The molecule has 1 fully saturated rings. The molecule has 26 heavy (non-hydrogen) atoms. The Hall–Kier alpha value is -1.55. The number of imidazole rings is 1. The van der Waals surface area contributed by atoms with Gasteiger partial charge in [0.05, 0.1) is 31.5 Å². The van der Waals surface area contributed by atoms with Crippen molar-refractivity contribution in [2.45, 2.75) is 64.3 Å². The van der Waals surface area contributed by atoms with E-state index >= 15 is 0 Å². The molecule has 9 heteroatoms. The first-order valence-electron chi connectivity index (χ1n) is 8.91. The zero-order valence-corrected chi connectivity index (χ0v) is 17.2. The number of fused-ring (bicyclic) bond motifs is 1. The molecule has 2 N–H and O–H groups in total. The molecule has 0 bridgehead atoms. The first-order chi connectivity index (χ1) is 12.1. The fourth-order valence-corrected chi connectivity index (χ4v) is 4.38. The van der Waals surface area contributed by atoms with E-state index in [0.29, 0.717) is 5.65 Å². The minimum absolute atomic E-state index is 0.00132. The van der Waals surface area contributed by atoms with Gasteiger partial charge in [-0.3, -0.25) is 9.36 Å². The number of aliphatic hydroxyl groups is 1. The molecule has 3 heterocycles. The summed E-state index contributed by atoms with van der Waals surface area (Å²) in [6, 6.07) is 0. The predicted molar refractivity (Wildman–Crippen MR) is 100 cm³/mol. The summed E-state index contributed by atoms with van der Waals surface area (Å²) in [4.78, 5) is 22.9. The topological polar surface area (TPSA) is 102 Å². The van der Waals surface area contributed by atoms with Crippen LogP contribution >= 0.6 is 0 Å². The minimum atomic E-state index is -2.07. The Balaban J connectivity index is 2.03. The lowest BCUT2D eigenvalue weighted by Gasteiger charge is -2.40. The lowest BCUT2D eigenvalue weighted by Crippen LogP contribution is -2.46. The zero-order chi connectivity index (χ0) is 19.3. The second-order valence-electron chi connectivity index (χ2n) is 8.51. The van der Waals surface area contributed by atoms with Crippen molar-refractivity contribution in [2.75, 3.05) is 6.61 Å². The molecule has 2 aromatic rings. The molecule has 0 aliphatic carbocycles. The highest BCUT2D eigenvalue weighted by molar-refractivity contribution is 6.74. The number of nitrogens with one attached hydrogen (secondary N) is 1. The molecule has 1 aliphatic rings. The molecular formula is C17H28N4O4Si. The van der Waals surface area contributed by atoms with E-state index in [9.17, 15) is 9.90 Å². The van der Waals surface area contributed by atoms with Crippen molar-refractivity contribution in [1.82, 2.24) is 19.5 Å². The van der Waals surface area contributed by atoms with E-state index in [1.165, 1.54) is 6.33 Å². The van der Waals surface area contributed by atoms with Crippen LogP contribution in [0.4, 0.5) is 0 Å². The molecule has 0 amide bonds. The molecule has 1 aliphatic heterocycles. The number of ether oxygens (including phenoxy) is 1. The lowest BCUT2D eigenvalue weighted by atomic mass is 10.0. The second-order valence-corrected chi connectivity index (χ2v) is 13.3. The van der Waals surface area contributed by atoms with Crippen LogP contribution in [0.3, 0.4) is 0 Å². The van der Waals surface area contributed by atoms with Crippen LogP contribution in [0, 0.1) is 5.92 Å². The lowest BCUT2D eigenvalue weighted by molar-refractivity contribution is -0.0467. The van der Waals surface area contributed by atoms with E-state index in [1.54, 1.807) is 10.9 Å². The number of nitrogens with zero attached hydrogens (tertiary/aromatic N) is 3. The second kappa shape index (κ2) is 6.56. The SMILES string of the molecule is C[C@H]1[C@@H](O[Si](C)(C)C(C)(C)C)[C@H](n2cnc3c(=O)[nH]cnc32)O[C@@H]1CO. The van der Waals surface area contributed by atoms with Crippen LogP contribution in [0.15, 0.2) is 17.4 Å². The first kappa shape index (κ1) is 19.2. The molecule has 144 valence electrons. The van der Waals surface area contributed by atoms with Crippen molar-refractivity contribution in [1.29, 1.82) is 0 Å². The smallest absolute Gasteiger partial charge is 0.278 e. The average Bonchev–Trinajstić information content (AvgIpc) is 3.09. The number of aliphatic hydroxyl groups excluding tert-OH is 1. The van der Waals surface area contributed by atoms with Crippen molar-refractivity contribution in [3.63, 3.8) is 0 Å². The molecule has 0 aromatic carbocycles. The van der Waals surface area contributed by atoms with E-state index < -0.39 is 14.5 Å². The molecule has 0 saturated carbocycles. The van der Waals surface area contributed by atoms with E-state index in [2.05, 4.69) is 48.8 Å². The summed E-state index contributed by atoms with van der Waals surface area (Å²) in [6.45, 7) is 12.9. The average molecular weight is 381 g/mol. The fraction of sp³-hybridized carbons (Fsp3) is 0.706. The molecular weight excluding hydrogens is 352 g/mol. The van der Waals surface area contributed by atoms with Gasteiger partial charge in [-0.05, 0) is 18.1 Å². The van der Waals surface area contributed by atoms with Gasteiger partial charge >= 0.3 is 0 Å². The Bertz CT molecular complexity index is 841. The van der Waals surface area contributed by atoms with Gasteiger partial charge in [0.2, 0.25) is 0 Å². The van der Waals surface area contributed by atoms with Gasteiger partial charge < -0.3 is 19.3 Å². The summed E-state index contributed by atoms with van der Waals surface area (Å²) in [5, 5.41) is 9.76. The summed E-state index contributed by atoms with van der Waals surface area (Å²) >= 11 is 0. The van der Waals surface area contributed by atoms with E-state index in [1.807, 2.05) is 6.92 Å². The molecule has 2 aromatic heterocycles. The number of hydrogen-bond donors (Lipinski definition) is 2. The summed E-state index contributed by atoms with van der Waals surface area (Å²) in [5.74, 6) is -0.00132. The van der Waals surface area contributed by atoms with Crippen LogP contribution < -0.4 is 5.56 Å². The van der Waals surface area contributed by atoms with Crippen LogP contribution in [0.5, 0.6) is 0 Å². The Kier molecular flexibility index (Phi) is 4.85. The zero-order valence-electron chi connectivity index (χ0n) is 16.2. The van der Waals surface area contributed by atoms with Crippen molar-refractivity contribution in [2.24, 2.45) is 5.92 Å². The van der Waals surface area contributed by atoms with Gasteiger partial charge in [0.1, 0.15) is 0 Å². The number of H-pyrrole nitrogens is 1. The van der Waals surface area contributed by atoms with Gasteiger partial charge in [-0.15, -0.1) is 0 Å². The molecule has 0 unspecified atom stereocenters. The number of rotatable bonds is 4. The van der Waals surface area contributed by atoms with E-state index in [0.717, 1.165) is 0 Å². The quantitative estimate of drug-likeness (QED) is 0.787. The maximum atomic E-state index is 12.0.